The van der Waals surface area contributed by atoms with Crippen LogP contribution in [0.3, 0.4) is 0 Å². The van der Waals surface area contributed by atoms with Crippen LogP contribution >= 0.6 is 0 Å². The number of aromatic hydroxyl groups is 1. The Hall–Kier alpha value is -5.57. The van der Waals surface area contributed by atoms with Crippen molar-refractivity contribution in [1.82, 2.24) is 19.7 Å². The Bertz CT molecular complexity index is 1710. The number of halogens is 2. The van der Waals surface area contributed by atoms with Crippen molar-refractivity contribution >= 4 is 33.9 Å². The largest absolute Gasteiger partial charge is 0.505 e. The SMILES string of the molecule is N#Cc1cnn(-c2ncccn2)c1/N=N/c1cc2ccccc2c(C(=O)Nc2c(F)cccc2F)c1O. The molecule has 2 heterocycles. The van der Waals surface area contributed by atoms with Crippen LogP contribution in [0, 0.1) is 23.0 Å². The van der Waals surface area contributed by atoms with Gasteiger partial charge in [-0.25, -0.2) is 18.7 Å². The van der Waals surface area contributed by atoms with Gasteiger partial charge >= 0.3 is 0 Å². The van der Waals surface area contributed by atoms with Gasteiger partial charge in [0.2, 0.25) is 0 Å². The molecule has 0 atom stereocenters. The Morgan fingerprint density at radius 1 is 1.03 bits per heavy atom. The zero-order chi connectivity index (χ0) is 25.9. The predicted molar refractivity (Wildman–Crippen MR) is 128 cm³/mol. The number of nitrogens with one attached hydrogen (secondary N) is 1. The predicted octanol–water partition coefficient (Wildman–Crippen LogP) is 5.34. The maximum atomic E-state index is 14.2. The first kappa shape index (κ1) is 23.2. The highest BCUT2D eigenvalue weighted by Gasteiger charge is 2.22. The Balaban J connectivity index is 1.61. The lowest BCUT2D eigenvalue weighted by atomic mass is 10.0. The molecule has 180 valence electrons. The maximum Gasteiger partial charge on any atom is 0.260 e. The highest BCUT2D eigenvalue weighted by Crippen LogP contribution is 2.38. The highest BCUT2D eigenvalue weighted by molar-refractivity contribution is 6.16. The summed E-state index contributed by atoms with van der Waals surface area (Å²) in [4.78, 5) is 21.3. The molecule has 3 aromatic carbocycles. The molecular formula is C25H14F2N8O2. The summed E-state index contributed by atoms with van der Waals surface area (Å²) in [5.41, 5.74) is -1.00. The molecule has 0 spiro atoms. The molecule has 0 aliphatic heterocycles. The molecule has 0 aliphatic carbocycles. The van der Waals surface area contributed by atoms with Crippen LogP contribution in [0.15, 0.2) is 83.4 Å². The van der Waals surface area contributed by atoms with Crippen LogP contribution < -0.4 is 5.32 Å². The lowest BCUT2D eigenvalue weighted by Gasteiger charge is -2.12. The molecule has 0 unspecified atom stereocenters. The van der Waals surface area contributed by atoms with Crippen molar-refractivity contribution in [2.75, 3.05) is 5.32 Å². The Morgan fingerprint density at radius 2 is 1.76 bits per heavy atom. The summed E-state index contributed by atoms with van der Waals surface area (Å²) >= 11 is 0. The molecule has 2 N–H and O–H groups in total. The molecular weight excluding hydrogens is 482 g/mol. The van der Waals surface area contributed by atoms with Crippen LogP contribution in [-0.4, -0.2) is 30.8 Å². The van der Waals surface area contributed by atoms with E-state index in [1.54, 1.807) is 30.3 Å². The smallest absolute Gasteiger partial charge is 0.260 e. The Labute approximate surface area is 207 Å². The van der Waals surface area contributed by atoms with Gasteiger partial charge in [-0.15, -0.1) is 10.2 Å². The first-order valence-corrected chi connectivity index (χ1v) is 10.6. The van der Waals surface area contributed by atoms with E-state index in [9.17, 15) is 23.9 Å². The van der Waals surface area contributed by atoms with E-state index >= 15 is 0 Å². The van der Waals surface area contributed by atoms with E-state index in [4.69, 9.17) is 0 Å². The molecule has 5 rings (SSSR count). The zero-order valence-corrected chi connectivity index (χ0v) is 18.7. The fourth-order valence-electron chi connectivity index (χ4n) is 3.59. The van der Waals surface area contributed by atoms with Crippen molar-refractivity contribution in [3.05, 3.63) is 95.9 Å². The molecule has 12 heteroatoms. The first-order valence-electron chi connectivity index (χ1n) is 10.6. The summed E-state index contributed by atoms with van der Waals surface area (Å²) in [7, 11) is 0. The van der Waals surface area contributed by atoms with Crippen LogP contribution in [0.5, 0.6) is 5.75 Å². The highest BCUT2D eigenvalue weighted by atomic mass is 19.1. The van der Waals surface area contributed by atoms with Crippen molar-refractivity contribution in [2.24, 2.45) is 10.2 Å². The molecule has 0 bridgehead atoms. The standard InChI is InChI=1S/C25H14F2N8O2/c26-17-7-3-8-18(27)21(17)32-24(37)20-16-6-2-1-5-14(16)11-19(22(20)36)33-34-23-15(12-28)13-31-35(23)25-29-9-4-10-30-25/h1-11,13,36H,(H,32,37)/b34-33+. The maximum absolute atomic E-state index is 14.2. The molecule has 0 aliphatic rings. The minimum Gasteiger partial charge on any atom is -0.505 e. The number of anilines is 1. The van der Waals surface area contributed by atoms with Gasteiger partial charge in [-0.3, -0.25) is 4.79 Å². The lowest BCUT2D eigenvalue weighted by Crippen LogP contribution is -2.15. The number of carbonyl (C=O) groups is 1. The summed E-state index contributed by atoms with van der Waals surface area (Å²) in [6.45, 7) is 0. The summed E-state index contributed by atoms with van der Waals surface area (Å²) in [6.07, 6.45) is 4.22. The number of benzene rings is 3. The van der Waals surface area contributed by atoms with Crippen LogP contribution in [0.25, 0.3) is 16.7 Å². The first-order chi connectivity index (χ1) is 18.0. The van der Waals surface area contributed by atoms with Gasteiger partial charge in [0, 0.05) is 12.4 Å². The number of aromatic nitrogens is 4. The summed E-state index contributed by atoms with van der Waals surface area (Å²) < 4.78 is 29.5. The van der Waals surface area contributed by atoms with Crippen molar-refractivity contribution in [3.8, 4) is 17.8 Å². The zero-order valence-electron chi connectivity index (χ0n) is 18.7. The number of rotatable bonds is 5. The van der Waals surface area contributed by atoms with Crippen LogP contribution in [0.4, 0.5) is 26.0 Å². The second kappa shape index (κ2) is 9.59. The van der Waals surface area contributed by atoms with Gasteiger partial charge in [0.05, 0.1) is 11.8 Å². The molecule has 0 fully saturated rings. The number of hydrogen-bond donors (Lipinski definition) is 2. The van der Waals surface area contributed by atoms with E-state index in [-0.39, 0.29) is 28.6 Å². The number of amides is 1. The van der Waals surface area contributed by atoms with Crippen LogP contribution in [0.2, 0.25) is 0 Å². The normalized spacial score (nSPS) is 11.1. The van der Waals surface area contributed by atoms with Crippen molar-refractivity contribution in [3.63, 3.8) is 0 Å². The second-order valence-corrected chi connectivity index (χ2v) is 7.55. The van der Waals surface area contributed by atoms with Gasteiger partial charge < -0.3 is 10.4 Å². The second-order valence-electron chi connectivity index (χ2n) is 7.55. The number of hydrogen-bond acceptors (Lipinski definition) is 8. The minimum atomic E-state index is -0.978. The summed E-state index contributed by atoms with van der Waals surface area (Å²) in [5, 5.41) is 35.7. The molecule has 0 saturated carbocycles. The molecule has 1 amide bonds. The summed E-state index contributed by atoms with van der Waals surface area (Å²) in [5.74, 6) is -3.39. The molecule has 10 nitrogen and oxygen atoms in total. The third-order valence-corrected chi connectivity index (χ3v) is 5.29. The lowest BCUT2D eigenvalue weighted by molar-refractivity contribution is 0.102. The fourth-order valence-corrected chi connectivity index (χ4v) is 3.59. The van der Waals surface area contributed by atoms with Crippen molar-refractivity contribution in [2.45, 2.75) is 0 Å². The fraction of sp³-hybridized carbons (Fsp3) is 0. The number of azo groups is 1. The van der Waals surface area contributed by atoms with Gasteiger partial charge in [0.1, 0.15) is 34.6 Å². The van der Waals surface area contributed by atoms with Gasteiger partial charge in [0.25, 0.3) is 11.9 Å². The third-order valence-electron chi connectivity index (χ3n) is 5.29. The number of nitrogens with zero attached hydrogens (tertiary/aromatic N) is 7. The Morgan fingerprint density at radius 3 is 2.49 bits per heavy atom. The van der Waals surface area contributed by atoms with E-state index < -0.39 is 29.0 Å². The molecule has 0 saturated heterocycles. The summed E-state index contributed by atoms with van der Waals surface area (Å²) in [6, 6.07) is 14.7. The van der Waals surface area contributed by atoms with Crippen molar-refractivity contribution in [1.29, 1.82) is 5.26 Å². The average molecular weight is 496 g/mol. The number of phenolic OH excluding ortho intramolecular Hbond substituents is 1. The van der Waals surface area contributed by atoms with Crippen molar-refractivity contribution < 1.29 is 18.7 Å². The van der Waals surface area contributed by atoms with E-state index in [1.807, 2.05) is 6.07 Å². The average Bonchev–Trinajstić information content (AvgIpc) is 3.33. The van der Waals surface area contributed by atoms with Gasteiger partial charge in [-0.1, -0.05) is 30.3 Å². The Kier molecular flexibility index (Phi) is 6.01. The third kappa shape index (κ3) is 4.32. The van der Waals surface area contributed by atoms with E-state index in [1.165, 1.54) is 29.3 Å². The van der Waals surface area contributed by atoms with Gasteiger partial charge in [0.15, 0.2) is 11.6 Å². The number of fused-ring (bicyclic) bond motifs is 1. The van der Waals surface area contributed by atoms with E-state index in [0.717, 1.165) is 18.2 Å². The number of nitriles is 1. The number of phenols is 1. The molecule has 2 aromatic heterocycles. The van der Waals surface area contributed by atoms with Crippen LogP contribution in [-0.2, 0) is 0 Å². The minimum absolute atomic E-state index is 0.0133. The molecule has 5 aromatic rings. The number of carbonyl (C=O) groups excluding carboxylic acids is 1. The van der Waals surface area contributed by atoms with Gasteiger partial charge in [-0.2, -0.15) is 15.0 Å². The topological polar surface area (TPSA) is 141 Å². The number of para-hydroxylation sites is 1. The molecule has 0 radical (unpaired) electrons. The monoisotopic (exact) mass is 496 g/mol. The van der Waals surface area contributed by atoms with Gasteiger partial charge in [-0.05, 0) is 35.0 Å². The van der Waals surface area contributed by atoms with Crippen LogP contribution in [0.1, 0.15) is 15.9 Å². The quantitative estimate of drug-likeness (QED) is 0.315. The van der Waals surface area contributed by atoms with E-state index in [2.05, 4.69) is 30.6 Å². The van der Waals surface area contributed by atoms with E-state index in [0.29, 0.717) is 10.8 Å². The molecule has 37 heavy (non-hydrogen) atoms.